The van der Waals surface area contributed by atoms with Gasteiger partial charge in [0.25, 0.3) is 23.4 Å². The van der Waals surface area contributed by atoms with Crippen LogP contribution in [0.2, 0.25) is 0 Å². The highest BCUT2D eigenvalue weighted by molar-refractivity contribution is 6.25. The summed E-state index contributed by atoms with van der Waals surface area (Å²) >= 11 is 0. The number of amides is 3. The summed E-state index contributed by atoms with van der Waals surface area (Å²) in [6.07, 6.45) is 0. The Balaban J connectivity index is 1.41. The molecule has 1 saturated heterocycles. The largest absolute Gasteiger partial charge is 0.494 e. The van der Waals surface area contributed by atoms with E-state index >= 15 is 0 Å². The maximum absolute atomic E-state index is 13.6. The first-order chi connectivity index (χ1) is 17.9. The number of fused-ring (bicyclic) bond motifs is 2. The van der Waals surface area contributed by atoms with Gasteiger partial charge in [0.2, 0.25) is 6.79 Å². The number of nitrogens with zero attached hydrogens (tertiary/aromatic N) is 3. The Morgan fingerprint density at radius 3 is 2.35 bits per heavy atom. The SMILES string of the molecule is CCOc1ccc(N2C(=O)[C@H](N3C(=O)c4ccc([N+](=O)[O-])cc4C3=O)[C@@H]2c2ccc3c(c2)OCO3)cc1. The highest BCUT2D eigenvalue weighted by Crippen LogP contribution is 2.46. The highest BCUT2D eigenvalue weighted by Gasteiger charge is 2.57. The molecular weight excluding hydrogens is 482 g/mol. The molecule has 3 heterocycles. The number of nitro benzene ring substituents is 1. The average molecular weight is 501 g/mol. The lowest BCUT2D eigenvalue weighted by molar-refractivity contribution is -0.384. The van der Waals surface area contributed by atoms with E-state index in [0.29, 0.717) is 35.1 Å². The number of hydrogen-bond acceptors (Lipinski definition) is 8. The van der Waals surface area contributed by atoms with Gasteiger partial charge in [0.15, 0.2) is 11.5 Å². The van der Waals surface area contributed by atoms with Crippen molar-refractivity contribution in [2.75, 3.05) is 18.3 Å². The number of ether oxygens (including phenoxy) is 3. The summed E-state index contributed by atoms with van der Waals surface area (Å²) in [6.45, 7) is 2.41. The molecule has 11 heteroatoms. The van der Waals surface area contributed by atoms with Crippen LogP contribution in [0.3, 0.4) is 0 Å². The van der Waals surface area contributed by atoms with Crippen LogP contribution in [0.4, 0.5) is 11.4 Å². The second-order valence-corrected chi connectivity index (χ2v) is 8.60. The summed E-state index contributed by atoms with van der Waals surface area (Å²) < 4.78 is 16.4. The van der Waals surface area contributed by atoms with Gasteiger partial charge in [-0.25, -0.2) is 0 Å². The van der Waals surface area contributed by atoms with Crippen LogP contribution in [0.25, 0.3) is 0 Å². The predicted molar refractivity (Wildman–Crippen MR) is 128 cm³/mol. The maximum atomic E-state index is 13.6. The van der Waals surface area contributed by atoms with Crippen LogP contribution in [-0.2, 0) is 4.79 Å². The lowest BCUT2D eigenvalue weighted by Gasteiger charge is -2.49. The Morgan fingerprint density at radius 2 is 1.62 bits per heavy atom. The number of non-ortho nitro benzene ring substituents is 1. The molecule has 1 fully saturated rings. The van der Waals surface area contributed by atoms with Gasteiger partial charge < -0.3 is 19.1 Å². The minimum atomic E-state index is -1.15. The minimum absolute atomic E-state index is 0.0207. The number of hydrogen-bond donors (Lipinski definition) is 0. The zero-order valence-electron chi connectivity index (χ0n) is 19.5. The Morgan fingerprint density at radius 1 is 0.892 bits per heavy atom. The fourth-order valence-electron chi connectivity index (χ4n) is 4.92. The lowest BCUT2D eigenvalue weighted by Crippen LogP contribution is -2.67. The quantitative estimate of drug-likeness (QED) is 0.217. The van der Waals surface area contributed by atoms with Crippen LogP contribution in [0.1, 0.15) is 39.2 Å². The zero-order valence-corrected chi connectivity index (χ0v) is 19.5. The highest BCUT2D eigenvalue weighted by atomic mass is 16.7. The third-order valence-electron chi connectivity index (χ3n) is 6.62. The second kappa shape index (κ2) is 8.33. The molecule has 0 aromatic heterocycles. The first-order valence-corrected chi connectivity index (χ1v) is 11.5. The van der Waals surface area contributed by atoms with E-state index in [0.717, 1.165) is 17.0 Å². The maximum Gasteiger partial charge on any atom is 0.270 e. The summed E-state index contributed by atoms with van der Waals surface area (Å²) in [5.41, 5.74) is 0.790. The Hall–Kier alpha value is -4.93. The van der Waals surface area contributed by atoms with Gasteiger partial charge in [-0.15, -0.1) is 0 Å². The van der Waals surface area contributed by atoms with Crippen LogP contribution in [0, 0.1) is 10.1 Å². The van der Waals surface area contributed by atoms with Gasteiger partial charge in [-0.05, 0) is 55.0 Å². The van der Waals surface area contributed by atoms with Crippen molar-refractivity contribution in [3.05, 3.63) is 87.5 Å². The first kappa shape index (κ1) is 22.5. The van der Waals surface area contributed by atoms with E-state index in [9.17, 15) is 24.5 Å². The molecule has 0 spiro atoms. The molecule has 3 amide bonds. The van der Waals surface area contributed by atoms with Crippen LogP contribution >= 0.6 is 0 Å². The van der Waals surface area contributed by atoms with Crippen LogP contribution < -0.4 is 19.1 Å². The molecule has 37 heavy (non-hydrogen) atoms. The van der Waals surface area contributed by atoms with Crippen LogP contribution in [0.5, 0.6) is 17.2 Å². The summed E-state index contributed by atoms with van der Waals surface area (Å²) in [5.74, 6) is -0.218. The number of β-lactam (4-membered cyclic amide) rings is 1. The Bertz CT molecular complexity index is 1490. The van der Waals surface area contributed by atoms with E-state index in [-0.39, 0.29) is 23.6 Å². The van der Waals surface area contributed by atoms with Gasteiger partial charge in [-0.2, -0.15) is 0 Å². The number of carbonyl (C=O) groups is 3. The molecule has 0 radical (unpaired) electrons. The average Bonchev–Trinajstić information content (AvgIpc) is 3.46. The van der Waals surface area contributed by atoms with Crippen LogP contribution in [0.15, 0.2) is 60.7 Å². The molecule has 0 saturated carbocycles. The van der Waals surface area contributed by atoms with Gasteiger partial charge in [-0.1, -0.05) is 6.07 Å². The molecule has 6 rings (SSSR count). The van der Waals surface area contributed by atoms with Crippen LogP contribution in [-0.4, -0.2) is 47.0 Å². The molecule has 0 unspecified atom stereocenters. The van der Waals surface area contributed by atoms with Gasteiger partial charge in [-0.3, -0.25) is 29.4 Å². The third kappa shape index (κ3) is 3.39. The molecule has 2 atom stereocenters. The van der Waals surface area contributed by atoms with E-state index in [1.165, 1.54) is 11.0 Å². The molecule has 186 valence electrons. The van der Waals surface area contributed by atoms with E-state index < -0.39 is 34.7 Å². The van der Waals surface area contributed by atoms with Gasteiger partial charge in [0.1, 0.15) is 11.8 Å². The number of nitro groups is 1. The van der Waals surface area contributed by atoms with Gasteiger partial charge in [0.05, 0.1) is 28.7 Å². The standard InChI is InChI=1S/C26H19N3O8/c1-2-35-17-7-4-15(5-8-17)27-22(14-3-10-20-21(11-14)37-13-36-20)23(26(27)32)28-24(30)18-9-6-16(29(33)34)12-19(18)25(28)31/h3-12,22-23H,2,13H2,1H3/t22-,23+/m0/s1. The summed E-state index contributed by atoms with van der Waals surface area (Å²) in [4.78, 5) is 53.2. The molecule has 3 aliphatic heterocycles. The van der Waals surface area contributed by atoms with E-state index in [2.05, 4.69) is 0 Å². The second-order valence-electron chi connectivity index (χ2n) is 8.60. The predicted octanol–water partition coefficient (Wildman–Crippen LogP) is 3.47. The van der Waals surface area contributed by atoms with Crippen molar-refractivity contribution in [2.24, 2.45) is 0 Å². The molecule has 3 aromatic rings. The fourth-order valence-corrected chi connectivity index (χ4v) is 4.92. The summed E-state index contributed by atoms with van der Waals surface area (Å²) in [5, 5.41) is 11.2. The first-order valence-electron chi connectivity index (χ1n) is 11.5. The minimum Gasteiger partial charge on any atom is -0.494 e. The van der Waals surface area contributed by atoms with E-state index in [1.54, 1.807) is 42.5 Å². The fraction of sp³-hybridized carbons (Fsp3) is 0.192. The number of anilines is 1. The van der Waals surface area contributed by atoms with Crippen molar-refractivity contribution < 1.29 is 33.5 Å². The number of benzene rings is 3. The number of imide groups is 1. The molecule has 3 aromatic carbocycles. The Kier molecular flexibility index (Phi) is 5.07. The summed E-state index contributed by atoms with van der Waals surface area (Å²) in [7, 11) is 0. The molecule has 0 bridgehead atoms. The zero-order chi connectivity index (χ0) is 25.8. The van der Waals surface area contributed by atoms with E-state index in [4.69, 9.17) is 14.2 Å². The normalized spacial score (nSPS) is 19.6. The molecule has 0 aliphatic carbocycles. The van der Waals surface area contributed by atoms with E-state index in [1.807, 2.05) is 6.92 Å². The van der Waals surface area contributed by atoms with Crippen molar-refractivity contribution >= 4 is 29.1 Å². The smallest absolute Gasteiger partial charge is 0.270 e. The van der Waals surface area contributed by atoms with Crippen molar-refractivity contribution in [2.45, 2.75) is 19.0 Å². The topological polar surface area (TPSA) is 129 Å². The molecule has 3 aliphatic rings. The third-order valence-corrected chi connectivity index (χ3v) is 6.62. The lowest BCUT2D eigenvalue weighted by atomic mass is 9.86. The van der Waals surface area contributed by atoms with Crippen molar-refractivity contribution in [1.82, 2.24) is 4.90 Å². The molecule has 0 N–H and O–H groups in total. The van der Waals surface area contributed by atoms with Crippen molar-refractivity contribution in [1.29, 1.82) is 0 Å². The molecular formula is C26H19N3O8. The monoisotopic (exact) mass is 501 g/mol. The van der Waals surface area contributed by atoms with Crippen molar-refractivity contribution in [3.8, 4) is 17.2 Å². The summed E-state index contributed by atoms with van der Waals surface area (Å²) in [6, 6.07) is 13.7. The van der Waals surface area contributed by atoms with Gasteiger partial charge in [0, 0.05) is 17.8 Å². The number of carbonyl (C=O) groups excluding carboxylic acids is 3. The van der Waals surface area contributed by atoms with Crippen molar-refractivity contribution in [3.63, 3.8) is 0 Å². The molecule has 11 nitrogen and oxygen atoms in total. The Labute approximate surface area is 209 Å². The van der Waals surface area contributed by atoms with Gasteiger partial charge >= 0.3 is 0 Å². The number of rotatable bonds is 6.